The number of rotatable bonds is 6. The first-order valence-electron chi connectivity index (χ1n) is 10.3. The highest BCUT2D eigenvalue weighted by Crippen LogP contribution is 2.48. The minimum Gasteiger partial charge on any atom is -0.460 e. The van der Waals surface area contributed by atoms with Crippen LogP contribution in [0.3, 0.4) is 0 Å². The monoisotopic (exact) mass is 366 g/mol. The third-order valence-corrected chi connectivity index (χ3v) is 6.28. The SMILES string of the molecule is CC(C)(C)OC(=O)C1CCCCC1C(=O)OCOCC1CC2CCC1C2. The van der Waals surface area contributed by atoms with Crippen molar-refractivity contribution in [3.63, 3.8) is 0 Å². The van der Waals surface area contributed by atoms with Gasteiger partial charge in [0.25, 0.3) is 0 Å². The summed E-state index contributed by atoms with van der Waals surface area (Å²) < 4.78 is 16.5. The zero-order valence-corrected chi connectivity index (χ0v) is 16.5. The predicted octanol–water partition coefficient (Wildman–Crippen LogP) is 4.09. The van der Waals surface area contributed by atoms with Crippen LogP contribution in [0.4, 0.5) is 0 Å². The summed E-state index contributed by atoms with van der Waals surface area (Å²) in [7, 11) is 0. The summed E-state index contributed by atoms with van der Waals surface area (Å²) in [5.74, 6) is 0.969. The molecule has 0 saturated heterocycles. The van der Waals surface area contributed by atoms with Crippen LogP contribution in [0, 0.1) is 29.6 Å². The van der Waals surface area contributed by atoms with E-state index in [2.05, 4.69) is 0 Å². The van der Waals surface area contributed by atoms with Crippen molar-refractivity contribution in [3.05, 3.63) is 0 Å². The molecule has 3 aliphatic carbocycles. The predicted molar refractivity (Wildman–Crippen MR) is 97.1 cm³/mol. The zero-order valence-electron chi connectivity index (χ0n) is 16.5. The van der Waals surface area contributed by atoms with Gasteiger partial charge in [-0.25, -0.2) is 0 Å². The van der Waals surface area contributed by atoms with Crippen molar-refractivity contribution in [2.24, 2.45) is 29.6 Å². The van der Waals surface area contributed by atoms with Gasteiger partial charge in [0.1, 0.15) is 5.60 Å². The standard InChI is InChI=1S/C21H34O5/c1-21(2,3)26-20(23)18-7-5-4-6-17(18)19(22)25-13-24-12-16-11-14-8-9-15(16)10-14/h14-18H,4-13H2,1-3H3. The fourth-order valence-corrected chi connectivity index (χ4v) is 5.06. The molecule has 0 aromatic carbocycles. The van der Waals surface area contributed by atoms with E-state index in [0.717, 1.165) is 24.7 Å². The van der Waals surface area contributed by atoms with E-state index >= 15 is 0 Å². The van der Waals surface area contributed by atoms with Crippen LogP contribution in [-0.4, -0.2) is 30.9 Å². The molecule has 0 N–H and O–H groups in total. The Balaban J connectivity index is 1.42. The van der Waals surface area contributed by atoms with E-state index in [1.807, 2.05) is 20.8 Å². The molecule has 2 bridgehead atoms. The van der Waals surface area contributed by atoms with Gasteiger partial charge >= 0.3 is 11.9 Å². The van der Waals surface area contributed by atoms with E-state index in [0.29, 0.717) is 25.4 Å². The lowest BCUT2D eigenvalue weighted by Crippen LogP contribution is -2.38. The molecule has 0 spiro atoms. The molecular formula is C21H34O5. The van der Waals surface area contributed by atoms with Crippen molar-refractivity contribution in [2.45, 2.75) is 77.7 Å². The maximum Gasteiger partial charge on any atom is 0.311 e. The van der Waals surface area contributed by atoms with E-state index in [9.17, 15) is 9.59 Å². The summed E-state index contributed by atoms with van der Waals surface area (Å²) in [6, 6.07) is 0. The lowest BCUT2D eigenvalue weighted by Gasteiger charge is -2.31. The molecule has 0 aliphatic heterocycles. The number of esters is 2. The molecule has 3 rings (SSSR count). The number of hydrogen-bond donors (Lipinski definition) is 0. The van der Waals surface area contributed by atoms with Gasteiger partial charge < -0.3 is 14.2 Å². The highest BCUT2D eigenvalue weighted by Gasteiger charge is 2.40. The number of ether oxygens (including phenoxy) is 3. The van der Waals surface area contributed by atoms with Crippen LogP contribution >= 0.6 is 0 Å². The Labute approximate surface area is 157 Å². The minimum atomic E-state index is -0.535. The average Bonchev–Trinajstić information content (AvgIpc) is 3.20. The highest BCUT2D eigenvalue weighted by molar-refractivity contribution is 5.82. The second-order valence-electron chi connectivity index (χ2n) is 9.42. The Morgan fingerprint density at radius 3 is 2.19 bits per heavy atom. The Morgan fingerprint density at radius 1 is 0.923 bits per heavy atom. The largest absolute Gasteiger partial charge is 0.460 e. The van der Waals surface area contributed by atoms with Crippen molar-refractivity contribution in [1.82, 2.24) is 0 Å². The van der Waals surface area contributed by atoms with Crippen LogP contribution < -0.4 is 0 Å². The lowest BCUT2D eigenvalue weighted by atomic mass is 9.79. The molecule has 3 aliphatic rings. The van der Waals surface area contributed by atoms with Crippen LogP contribution in [0.5, 0.6) is 0 Å². The molecule has 0 radical (unpaired) electrons. The van der Waals surface area contributed by atoms with Crippen molar-refractivity contribution >= 4 is 11.9 Å². The molecule has 5 unspecified atom stereocenters. The van der Waals surface area contributed by atoms with Gasteiger partial charge in [0.05, 0.1) is 18.4 Å². The van der Waals surface area contributed by atoms with Crippen molar-refractivity contribution in [3.8, 4) is 0 Å². The molecule has 5 atom stereocenters. The molecule has 5 heteroatoms. The second-order valence-corrected chi connectivity index (χ2v) is 9.42. The summed E-state index contributed by atoms with van der Waals surface area (Å²) in [6.07, 6.45) is 8.62. The quantitative estimate of drug-likeness (QED) is 0.402. The zero-order chi connectivity index (χ0) is 18.7. The fraction of sp³-hybridized carbons (Fsp3) is 0.905. The van der Waals surface area contributed by atoms with E-state index < -0.39 is 11.5 Å². The molecule has 0 aromatic rings. The molecule has 0 aromatic heterocycles. The number of carbonyl (C=O) groups is 2. The van der Waals surface area contributed by atoms with Crippen LogP contribution in [0.1, 0.15) is 72.1 Å². The fourth-order valence-electron chi connectivity index (χ4n) is 5.06. The van der Waals surface area contributed by atoms with Gasteiger partial charge in [-0.15, -0.1) is 0 Å². The Morgan fingerprint density at radius 2 is 1.62 bits per heavy atom. The second kappa shape index (κ2) is 8.28. The highest BCUT2D eigenvalue weighted by atomic mass is 16.7. The van der Waals surface area contributed by atoms with Gasteiger partial charge in [-0.1, -0.05) is 19.3 Å². The first kappa shape index (κ1) is 19.7. The molecular weight excluding hydrogens is 332 g/mol. The first-order valence-corrected chi connectivity index (χ1v) is 10.3. The van der Waals surface area contributed by atoms with Gasteiger partial charge in [-0.3, -0.25) is 9.59 Å². The van der Waals surface area contributed by atoms with Gasteiger partial charge in [0.2, 0.25) is 0 Å². The number of fused-ring (bicyclic) bond motifs is 2. The summed E-state index contributed by atoms with van der Waals surface area (Å²) in [5, 5.41) is 0. The lowest BCUT2D eigenvalue weighted by molar-refractivity contribution is -0.176. The number of hydrogen-bond acceptors (Lipinski definition) is 5. The first-order chi connectivity index (χ1) is 12.3. The van der Waals surface area contributed by atoms with Crippen LogP contribution in [0.2, 0.25) is 0 Å². The van der Waals surface area contributed by atoms with Gasteiger partial charge in [0.15, 0.2) is 6.79 Å². The van der Waals surface area contributed by atoms with E-state index in [-0.39, 0.29) is 24.6 Å². The Kier molecular flexibility index (Phi) is 6.26. The van der Waals surface area contributed by atoms with Crippen LogP contribution in [-0.2, 0) is 23.8 Å². The third-order valence-electron chi connectivity index (χ3n) is 6.28. The van der Waals surface area contributed by atoms with Crippen molar-refractivity contribution < 1.29 is 23.8 Å². The number of carbonyl (C=O) groups excluding carboxylic acids is 2. The normalized spacial score (nSPS) is 33.9. The summed E-state index contributed by atoms with van der Waals surface area (Å²) in [5.41, 5.74) is -0.535. The molecule has 5 nitrogen and oxygen atoms in total. The molecule has 3 fully saturated rings. The Bertz CT molecular complexity index is 509. The molecule has 148 valence electrons. The van der Waals surface area contributed by atoms with Crippen molar-refractivity contribution in [2.75, 3.05) is 13.4 Å². The Hall–Kier alpha value is -1.10. The maximum atomic E-state index is 12.5. The van der Waals surface area contributed by atoms with Gasteiger partial charge in [0, 0.05) is 0 Å². The summed E-state index contributed by atoms with van der Waals surface area (Å²) >= 11 is 0. The summed E-state index contributed by atoms with van der Waals surface area (Å²) in [6.45, 7) is 6.25. The third kappa shape index (κ3) is 4.99. The van der Waals surface area contributed by atoms with Crippen LogP contribution in [0.25, 0.3) is 0 Å². The van der Waals surface area contributed by atoms with E-state index in [4.69, 9.17) is 14.2 Å². The molecule has 3 saturated carbocycles. The topological polar surface area (TPSA) is 61.8 Å². The minimum absolute atomic E-state index is 0.00422. The molecule has 0 heterocycles. The average molecular weight is 366 g/mol. The van der Waals surface area contributed by atoms with Gasteiger partial charge in [-0.05, 0) is 70.6 Å². The van der Waals surface area contributed by atoms with Gasteiger partial charge in [-0.2, -0.15) is 0 Å². The molecule has 26 heavy (non-hydrogen) atoms. The van der Waals surface area contributed by atoms with Crippen molar-refractivity contribution in [1.29, 1.82) is 0 Å². The maximum absolute atomic E-state index is 12.5. The summed E-state index contributed by atoms with van der Waals surface area (Å²) in [4.78, 5) is 24.9. The van der Waals surface area contributed by atoms with Crippen LogP contribution in [0.15, 0.2) is 0 Å². The smallest absolute Gasteiger partial charge is 0.311 e. The van der Waals surface area contributed by atoms with E-state index in [1.54, 1.807) is 0 Å². The molecule has 0 amide bonds. The van der Waals surface area contributed by atoms with E-state index in [1.165, 1.54) is 25.7 Å².